The van der Waals surface area contributed by atoms with Gasteiger partial charge in [0.1, 0.15) is 0 Å². The molecule has 0 saturated heterocycles. The Hall–Kier alpha value is -0.0200. The third-order valence-corrected chi connectivity index (χ3v) is 6.02. The van der Waals surface area contributed by atoms with Gasteiger partial charge in [-0.25, -0.2) is 0 Å². The molecule has 2 atom stereocenters. The van der Waals surface area contributed by atoms with Gasteiger partial charge in [-0.1, -0.05) is 48.5 Å². The number of rotatable bonds is 2. The second-order valence-corrected chi connectivity index (χ2v) is 8.71. The van der Waals surface area contributed by atoms with Gasteiger partial charge in [0.25, 0.3) is 0 Å². The van der Waals surface area contributed by atoms with Crippen molar-refractivity contribution in [2.75, 3.05) is 0 Å². The highest BCUT2D eigenvalue weighted by Crippen LogP contribution is 2.31. The smallest absolute Gasteiger partial charge is 0.0214 e. The maximum absolute atomic E-state index is 2.75. The van der Waals surface area contributed by atoms with E-state index in [1.165, 1.54) is 40.0 Å². The van der Waals surface area contributed by atoms with Crippen LogP contribution in [0.5, 0.6) is 0 Å². The van der Waals surface area contributed by atoms with Crippen molar-refractivity contribution >= 4 is 74.3 Å². The molecule has 0 bridgehead atoms. The lowest BCUT2D eigenvalue weighted by molar-refractivity contribution is 1.55. The summed E-state index contributed by atoms with van der Waals surface area (Å²) in [7, 11) is 5.48. The van der Waals surface area contributed by atoms with E-state index in [1.807, 2.05) is 0 Å². The van der Waals surface area contributed by atoms with Crippen molar-refractivity contribution < 1.29 is 0 Å². The maximum Gasteiger partial charge on any atom is 0.0214 e. The molecule has 0 fully saturated rings. The van der Waals surface area contributed by atoms with Crippen molar-refractivity contribution in [3.05, 3.63) is 67.8 Å². The Balaban J connectivity index is 2.03. The molecule has 0 spiro atoms. The summed E-state index contributed by atoms with van der Waals surface area (Å²) >= 11 is 4.84. The first kappa shape index (κ1) is 16.8. The quantitative estimate of drug-likeness (QED) is 0.306. The zero-order chi connectivity index (χ0) is 15.7. The van der Waals surface area contributed by atoms with E-state index in [0.717, 1.165) is 0 Å². The first-order valence-electron chi connectivity index (χ1n) is 6.75. The summed E-state index contributed by atoms with van der Waals surface area (Å²) in [5.74, 6) is 0. The fourth-order valence-corrected chi connectivity index (χ4v) is 4.82. The molecule has 0 N–H and O–H groups in total. The summed E-state index contributed by atoms with van der Waals surface area (Å²) in [6.07, 6.45) is 0. The van der Waals surface area contributed by atoms with E-state index in [4.69, 9.17) is 0 Å². The summed E-state index contributed by atoms with van der Waals surface area (Å²) < 4.78 is 2.55. The van der Waals surface area contributed by atoms with Crippen molar-refractivity contribution in [3.8, 4) is 22.3 Å². The average Bonchev–Trinajstić information content (AvgIpc) is 2.48. The van der Waals surface area contributed by atoms with E-state index < -0.39 is 0 Å². The van der Waals surface area contributed by atoms with E-state index in [-0.39, 0.29) is 0 Å². The van der Waals surface area contributed by atoms with Gasteiger partial charge in [0, 0.05) is 7.14 Å². The molecular weight excluding hydrogens is 532 g/mol. The van der Waals surface area contributed by atoms with Crippen LogP contribution in [-0.4, -0.2) is 0 Å². The second-order valence-electron chi connectivity index (χ2n) is 5.06. The molecule has 22 heavy (non-hydrogen) atoms. The highest BCUT2D eigenvalue weighted by atomic mass is 127. The van der Waals surface area contributed by atoms with Crippen LogP contribution >= 0.6 is 63.7 Å². The fraction of sp³-hybridized carbons (Fsp3) is 0. The summed E-state index contributed by atoms with van der Waals surface area (Å²) in [5.41, 5.74) is 5.10. The minimum Gasteiger partial charge on any atom is -0.106 e. The molecule has 0 aliphatic rings. The molecule has 0 saturated carbocycles. The Bertz CT molecular complexity index is 827. The number of benzene rings is 3. The molecule has 0 aliphatic heterocycles. The molecule has 0 aliphatic carbocycles. The van der Waals surface area contributed by atoms with Gasteiger partial charge >= 0.3 is 0 Å². The van der Waals surface area contributed by atoms with Crippen LogP contribution in [0.25, 0.3) is 22.3 Å². The van der Waals surface area contributed by atoms with Crippen LogP contribution < -0.4 is 10.6 Å². The number of hydrogen-bond acceptors (Lipinski definition) is 0. The average molecular weight is 546 g/mol. The maximum atomic E-state index is 2.75. The van der Waals surface area contributed by atoms with E-state index >= 15 is 0 Å². The van der Waals surface area contributed by atoms with Crippen molar-refractivity contribution in [2.45, 2.75) is 0 Å². The van der Waals surface area contributed by atoms with Crippen LogP contribution in [0.4, 0.5) is 0 Å². The molecule has 0 heterocycles. The summed E-state index contributed by atoms with van der Waals surface area (Å²) in [4.78, 5) is 0. The van der Waals surface area contributed by atoms with Crippen LogP contribution in [0.3, 0.4) is 0 Å². The number of halogens is 2. The van der Waals surface area contributed by atoms with Gasteiger partial charge in [0.2, 0.25) is 0 Å². The van der Waals surface area contributed by atoms with Gasteiger partial charge in [0.05, 0.1) is 0 Å². The summed E-state index contributed by atoms with van der Waals surface area (Å²) in [6, 6.07) is 21.8. The summed E-state index contributed by atoms with van der Waals surface area (Å²) in [6.45, 7) is 0. The standard InChI is InChI=1S/C18H14I2P2/c19-17-9-12(16-8-6-14(22)10-18(16)20)3-7-15(17)11-1-4-13(21)5-2-11/h1-10H,21-22H2. The van der Waals surface area contributed by atoms with E-state index in [1.54, 1.807) is 0 Å². The normalized spacial score (nSPS) is 10.7. The number of hydrogen-bond donors (Lipinski definition) is 0. The zero-order valence-corrected chi connectivity index (χ0v) is 18.3. The van der Waals surface area contributed by atoms with Gasteiger partial charge in [-0.2, -0.15) is 0 Å². The van der Waals surface area contributed by atoms with Crippen LogP contribution in [0, 0.1) is 7.14 Å². The first-order chi connectivity index (χ1) is 10.5. The predicted molar refractivity (Wildman–Crippen MR) is 121 cm³/mol. The molecular formula is C18H14I2P2. The van der Waals surface area contributed by atoms with Gasteiger partial charge in [-0.3, -0.25) is 0 Å². The predicted octanol–water partition coefficient (Wildman–Crippen LogP) is 5.23. The minimum absolute atomic E-state index is 1.21. The molecule has 0 aromatic heterocycles. The SMILES string of the molecule is Pc1ccc(-c2ccc(-c3ccc(P)cc3I)cc2I)cc1. The van der Waals surface area contributed by atoms with Crippen LogP contribution in [0.2, 0.25) is 0 Å². The highest BCUT2D eigenvalue weighted by molar-refractivity contribution is 14.1. The molecule has 3 rings (SSSR count). The van der Waals surface area contributed by atoms with Crippen LogP contribution in [-0.2, 0) is 0 Å². The Morgan fingerprint density at radius 2 is 1.05 bits per heavy atom. The van der Waals surface area contributed by atoms with Crippen molar-refractivity contribution in [1.82, 2.24) is 0 Å². The lowest BCUT2D eigenvalue weighted by Gasteiger charge is -2.10. The van der Waals surface area contributed by atoms with Gasteiger partial charge in [-0.05, 0) is 90.2 Å². The lowest BCUT2D eigenvalue weighted by Crippen LogP contribution is -1.94. The molecule has 0 nitrogen and oxygen atoms in total. The van der Waals surface area contributed by atoms with E-state index in [0.29, 0.717) is 0 Å². The topological polar surface area (TPSA) is 0 Å². The molecule has 2 unspecified atom stereocenters. The molecule has 4 heteroatoms. The summed E-state index contributed by atoms with van der Waals surface area (Å²) in [5, 5.41) is 2.43. The Kier molecular flexibility index (Phi) is 5.55. The van der Waals surface area contributed by atoms with Gasteiger partial charge in [-0.15, -0.1) is 18.5 Å². The molecule has 3 aromatic carbocycles. The van der Waals surface area contributed by atoms with Crippen molar-refractivity contribution in [1.29, 1.82) is 0 Å². The third-order valence-electron chi connectivity index (χ3n) is 3.49. The van der Waals surface area contributed by atoms with E-state index in [2.05, 4.69) is 124 Å². The molecule has 110 valence electrons. The molecule has 3 aromatic rings. The first-order valence-corrected chi connectivity index (χ1v) is 10.1. The van der Waals surface area contributed by atoms with Crippen molar-refractivity contribution in [3.63, 3.8) is 0 Å². The fourth-order valence-electron chi connectivity index (χ4n) is 2.34. The van der Waals surface area contributed by atoms with Gasteiger partial charge < -0.3 is 0 Å². The molecule has 0 radical (unpaired) electrons. The zero-order valence-electron chi connectivity index (χ0n) is 11.7. The second kappa shape index (κ2) is 7.25. The van der Waals surface area contributed by atoms with Crippen molar-refractivity contribution in [2.24, 2.45) is 0 Å². The third kappa shape index (κ3) is 3.72. The largest absolute Gasteiger partial charge is 0.106 e. The van der Waals surface area contributed by atoms with Gasteiger partial charge in [0.15, 0.2) is 0 Å². The van der Waals surface area contributed by atoms with Crippen LogP contribution in [0.1, 0.15) is 0 Å². The monoisotopic (exact) mass is 546 g/mol. The van der Waals surface area contributed by atoms with E-state index in [9.17, 15) is 0 Å². The Labute approximate surface area is 163 Å². The Morgan fingerprint density at radius 3 is 1.68 bits per heavy atom. The lowest BCUT2D eigenvalue weighted by atomic mass is 10.0. The van der Waals surface area contributed by atoms with Crippen LogP contribution in [0.15, 0.2) is 60.7 Å². The minimum atomic E-state index is 1.21. The molecule has 0 amide bonds. The Morgan fingerprint density at radius 1 is 0.545 bits per heavy atom. The highest BCUT2D eigenvalue weighted by Gasteiger charge is 2.08.